The minimum Gasteiger partial charge on any atom is -0.493 e. The van der Waals surface area contributed by atoms with Gasteiger partial charge in [0, 0.05) is 0 Å². The lowest BCUT2D eigenvalue weighted by molar-refractivity contribution is 0.103. The summed E-state index contributed by atoms with van der Waals surface area (Å²) in [4.78, 5) is 0. The molecular formula is C16H22O3. The van der Waals surface area contributed by atoms with Gasteiger partial charge in [-0.25, -0.2) is 0 Å². The zero-order valence-electron chi connectivity index (χ0n) is 11.8. The number of methoxy groups -OCH3 is 2. The molecule has 0 aliphatic heterocycles. The van der Waals surface area contributed by atoms with Gasteiger partial charge in [-0.05, 0) is 67.2 Å². The number of rotatable bonds is 4. The number of hydrogen-bond donors (Lipinski definition) is 1. The lowest BCUT2D eigenvalue weighted by atomic mass is 9.89. The molecule has 0 spiro atoms. The molecule has 0 aromatic heterocycles. The van der Waals surface area contributed by atoms with Crippen molar-refractivity contribution in [2.75, 3.05) is 14.2 Å². The van der Waals surface area contributed by atoms with E-state index in [4.69, 9.17) is 9.47 Å². The Labute approximate surface area is 114 Å². The van der Waals surface area contributed by atoms with Crippen LogP contribution in [0.15, 0.2) is 12.1 Å². The van der Waals surface area contributed by atoms with Gasteiger partial charge in [0.15, 0.2) is 11.5 Å². The standard InChI is InChI=1S/C16H22O3/c1-9-4-14(18-2)15(19-3)8-13(9)16(17)12-6-10-5-11(10)7-12/h4,8,10-12,16-17H,5-7H2,1-3H3. The number of aliphatic hydroxyl groups is 1. The first-order valence-corrected chi connectivity index (χ1v) is 7.04. The molecule has 3 atom stereocenters. The molecule has 2 saturated carbocycles. The summed E-state index contributed by atoms with van der Waals surface area (Å²) in [6.45, 7) is 2.02. The fraction of sp³-hybridized carbons (Fsp3) is 0.625. The molecule has 1 aromatic rings. The SMILES string of the molecule is COc1cc(C)c(C(O)C2CC3CC3C2)cc1OC. The monoisotopic (exact) mass is 262 g/mol. The molecule has 0 heterocycles. The molecule has 3 heteroatoms. The number of benzene rings is 1. The van der Waals surface area contributed by atoms with Crippen LogP contribution in [-0.4, -0.2) is 19.3 Å². The number of ether oxygens (including phenoxy) is 2. The van der Waals surface area contributed by atoms with Crippen LogP contribution in [0.2, 0.25) is 0 Å². The van der Waals surface area contributed by atoms with E-state index in [1.165, 1.54) is 19.3 Å². The summed E-state index contributed by atoms with van der Waals surface area (Å²) in [6.07, 6.45) is 3.38. The molecule has 1 aromatic carbocycles. The molecule has 19 heavy (non-hydrogen) atoms. The van der Waals surface area contributed by atoms with Crippen LogP contribution in [0.3, 0.4) is 0 Å². The Balaban J connectivity index is 1.86. The second-order valence-electron chi connectivity index (χ2n) is 6.00. The normalized spacial score (nSPS) is 29.8. The molecule has 2 fully saturated rings. The van der Waals surface area contributed by atoms with Crippen LogP contribution in [-0.2, 0) is 0 Å². The molecule has 0 amide bonds. The van der Waals surface area contributed by atoms with E-state index in [0.29, 0.717) is 11.7 Å². The second-order valence-corrected chi connectivity index (χ2v) is 6.00. The highest BCUT2D eigenvalue weighted by Crippen LogP contribution is 2.57. The summed E-state index contributed by atoms with van der Waals surface area (Å²) >= 11 is 0. The average molecular weight is 262 g/mol. The zero-order valence-corrected chi connectivity index (χ0v) is 11.8. The minimum absolute atomic E-state index is 0.368. The van der Waals surface area contributed by atoms with Gasteiger partial charge in [0.25, 0.3) is 0 Å². The maximum atomic E-state index is 10.6. The van der Waals surface area contributed by atoms with E-state index in [0.717, 1.165) is 28.7 Å². The topological polar surface area (TPSA) is 38.7 Å². The van der Waals surface area contributed by atoms with Gasteiger partial charge in [-0.15, -0.1) is 0 Å². The van der Waals surface area contributed by atoms with E-state index in [1.54, 1.807) is 14.2 Å². The summed E-state index contributed by atoms with van der Waals surface area (Å²) in [5, 5.41) is 10.6. The van der Waals surface area contributed by atoms with Gasteiger partial charge in [-0.3, -0.25) is 0 Å². The van der Waals surface area contributed by atoms with Crippen LogP contribution in [0, 0.1) is 24.7 Å². The minimum atomic E-state index is -0.368. The first kappa shape index (κ1) is 12.8. The molecule has 0 saturated heterocycles. The third kappa shape index (κ3) is 2.20. The molecule has 0 bridgehead atoms. The summed E-state index contributed by atoms with van der Waals surface area (Å²) < 4.78 is 10.6. The Kier molecular flexibility index (Phi) is 3.17. The maximum absolute atomic E-state index is 10.6. The molecule has 3 nitrogen and oxygen atoms in total. The van der Waals surface area contributed by atoms with Gasteiger partial charge < -0.3 is 14.6 Å². The number of aliphatic hydroxyl groups excluding tert-OH is 1. The van der Waals surface area contributed by atoms with Crippen molar-refractivity contribution in [3.8, 4) is 11.5 Å². The highest BCUT2D eigenvalue weighted by Gasteiger charge is 2.48. The summed E-state index contributed by atoms with van der Waals surface area (Å²) in [7, 11) is 3.27. The lowest BCUT2D eigenvalue weighted by Gasteiger charge is -2.23. The van der Waals surface area contributed by atoms with Crippen molar-refractivity contribution in [1.82, 2.24) is 0 Å². The molecule has 2 aliphatic rings. The Hall–Kier alpha value is -1.22. The molecule has 104 valence electrons. The van der Waals surface area contributed by atoms with Crippen molar-refractivity contribution in [1.29, 1.82) is 0 Å². The first-order valence-electron chi connectivity index (χ1n) is 7.04. The second kappa shape index (κ2) is 4.71. The third-order valence-corrected chi connectivity index (χ3v) is 4.82. The fourth-order valence-electron chi connectivity index (χ4n) is 3.59. The lowest BCUT2D eigenvalue weighted by Crippen LogP contribution is -2.12. The maximum Gasteiger partial charge on any atom is 0.161 e. The van der Waals surface area contributed by atoms with Gasteiger partial charge >= 0.3 is 0 Å². The predicted octanol–water partition coefficient (Wildman–Crippen LogP) is 3.09. The third-order valence-electron chi connectivity index (χ3n) is 4.82. The van der Waals surface area contributed by atoms with E-state index < -0.39 is 0 Å². The van der Waals surface area contributed by atoms with E-state index in [-0.39, 0.29) is 6.10 Å². The Bertz CT molecular complexity index is 473. The van der Waals surface area contributed by atoms with Crippen LogP contribution >= 0.6 is 0 Å². The van der Waals surface area contributed by atoms with Crippen molar-refractivity contribution in [2.24, 2.45) is 17.8 Å². The average Bonchev–Trinajstić information content (AvgIpc) is 3.04. The van der Waals surface area contributed by atoms with Crippen molar-refractivity contribution in [2.45, 2.75) is 32.3 Å². The van der Waals surface area contributed by atoms with Gasteiger partial charge in [0.2, 0.25) is 0 Å². The van der Waals surface area contributed by atoms with E-state index in [9.17, 15) is 5.11 Å². The number of aryl methyl sites for hydroxylation is 1. The van der Waals surface area contributed by atoms with E-state index >= 15 is 0 Å². The van der Waals surface area contributed by atoms with Gasteiger partial charge in [-0.1, -0.05) is 0 Å². The first-order chi connectivity index (χ1) is 9.13. The summed E-state index contributed by atoms with van der Waals surface area (Å²) in [6, 6.07) is 3.88. The largest absolute Gasteiger partial charge is 0.493 e. The fourth-order valence-corrected chi connectivity index (χ4v) is 3.59. The van der Waals surface area contributed by atoms with Crippen molar-refractivity contribution >= 4 is 0 Å². The predicted molar refractivity (Wildman–Crippen MR) is 73.6 cm³/mol. The number of fused-ring (bicyclic) bond motifs is 1. The molecular weight excluding hydrogens is 240 g/mol. The van der Waals surface area contributed by atoms with E-state index in [1.807, 2.05) is 19.1 Å². The van der Waals surface area contributed by atoms with Gasteiger partial charge in [0.05, 0.1) is 20.3 Å². The highest BCUT2D eigenvalue weighted by atomic mass is 16.5. The molecule has 3 unspecified atom stereocenters. The van der Waals surface area contributed by atoms with Crippen LogP contribution in [0.4, 0.5) is 0 Å². The zero-order chi connectivity index (χ0) is 13.6. The summed E-state index contributed by atoms with van der Waals surface area (Å²) in [5.41, 5.74) is 2.06. The Morgan fingerprint density at radius 3 is 2.21 bits per heavy atom. The van der Waals surface area contributed by atoms with Crippen LogP contribution < -0.4 is 9.47 Å². The van der Waals surface area contributed by atoms with Crippen molar-refractivity contribution in [3.63, 3.8) is 0 Å². The van der Waals surface area contributed by atoms with Crippen molar-refractivity contribution in [3.05, 3.63) is 23.3 Å². The van der Waals surface area contributed by atoms with Crippen molar-refractivity contribution < 1.29 is 14.6 Å². The van der Waals surface area contributed by atoms with Crippen LogP contribution in [0.1, 0.15) is 36.5 Å². The molecule has 0 radical (unpaired) electrons. The molecule has 1 N–H and O–H groups in total. The smallest absolute Gasteiger partial charge is 0.161 e. The quantitative estimate of drug-likeness (QED) is 0.906. The van der Waals surface area contributed by atoms with Crippen LogP contribution in [0.5, 0.6) is 11.5 Å². The van der Waals surface area contributed by atoms with E-state index in [2.05, 4.69) is 0 Å². The molecule has 2 aliphatic carbocycles. The van der Waals surface area contributed by atoms with Crippen LogP contribution in [0.25, 0.3) is 0 Å². The molecule has 3 rings (SSSR count). The Morgan fingerprint density at radius 2 is 1.63 bits per heavy atom. The summed E-state index contributed by atoms with van der Waals surface area (Å²) in [5.74, 6) is 3.62. The Morgan fingerprint density at radius 1 is 1.05 bits per heavy atom. The van der Waals surface area contributed by atoms with Gasteiger partial charge in [0.1, 0.15) is 0 Å². The highest BCUT2D eigenvalue weighted by molar-refractivity contribution is 5.48. The van der Waals surface area contributed by atoms with Gasteiger partial charge in [-0.2, -0.15) is 0 Å². The number of hydrogen-bond acceptors (Lipinski definition) is 3.